The standard InChI is InChI=1S/C20H17BrClN3O5/c21-14-6-4-12(5-7-14)19(28)24-25-10-13(8-18(25)27)20(29)30-11-17(26)23-16-3-1-2-15(22)9-16/h1-7,9,13H,8,10-11H2,(H,23,26)(H,24,28)/t13-/m0/s1. The Bertz CT molecular complexity index is 983. The summed E-state index contributed by atoms with van der Waals surface area (Å²) in [7, 11) is 0. The highest BCUT2D eigenvalue weighted by molar-refractivity contribution is 9.10. The molecule has 0 radical (unpaired) electrons. The van der Waals surface area contributed by atoms with E-state index in [1.807, 2.05) is 0 Å². The summed E-state index contributed by atoms with van der Waals surface area (Å²) in [5.41, 5.74) is 3.33. The number of nitrogens with one attached hydrogen (secondary N) is 2. The Morgan fingerprint density at radius 1 is 1.17 bits per heavy atom. The Balaban J connectivity index is 1.47. The molecule has 1 aliphatic rings. The Kier molecular flexibility index (Phi) is 7.07. The molecule has 2 N–H and O–H groups in total. The smallest absolute Gasteiger partial charge is 0.311 e. The van der Waals surface area contributed by atoms with Crippen LogP contribution in [-0.2, 0) is 19.1 Å². The molecular formula is C20H17BrClN3O5. The van der Waals surface area contributed by atoms with Gasteiger partial charge in [0.1, 0.15) is 0 Å². The van der Waals surface area contributed by atoms with Crippen molar-refractivity contribution >= 4 is 56.9 Å². The molecule has 0 unspecified atom stereocenters. The molecule has 8 nitrogen and oxygen atoms in total. The lowest BCUT2D eigenvalue weighted by atomic mass is 10.1. The van der Waals surface area contributed by atoms with Crippen molar-refractivity contribution in [1.29, 1.82) is 0 Å². The zero-order valence-electron chi connectivity index (χ0n) is 15.6. The predicted molar refractivity (Wildman–Crippen MR) is 112 cm³/mol. The first-order chi connectivity index (χ1) is 14.3. The van der Waals surface area contributed by atoms with Gasteiger partial charge in [0.2, 0.25) is 5.91 Å². The number of esters is 1. The Morgan fingerprint density at radius 2 is 1.90 bits per heavy atom. The van der Waals surface area contributed by atoms with Gasteiger partial charge in [-0.2, -0.15) is 0 Å². The van der Waals surface area contributed by atoms with E-state index in [0.29, 0.717) is 16.3 Å². The molecule has 0 aliphatic carbocycles. The van der Waals surface area contributed by atoms with Crippen molar-refractivity contribution in [2.24, 2.45) is 5.92 Å². The molecule has 1 saturated heterocycles. The quantitative estimate of drug-likeness (QED) is 0.601. The first-order valence-corrected chi connectivity index (χ1v) is 10.1. The summed E-state index contributed by atoms with van der Waals surface area (Å²) in [5.74, 6) is -2.88. The van der Waals surface area contributed by atoms with Crippen LogP contribution in [0.25, 0.3) is 0 Å². The molecule has 30 heavy (non-hydrogen) atoms. The minimum atomic E-state index is -0.776. The van der Waals surface area contributed by atoms with E-state index in [1.165, 1.54) is 0 Å². The van der Waals surface area contributed by atoms with Crippen LogP contribution in [0, 0.1) is 5.92 Å². The normalized spacial score (nSPS) is 15.6. The van der Waals surface area contributed by atoms with Crippen molar-refractivity contribution in [1.82, 2.24) is 10.4 Å². The van der Waals surface area contributed by atoms with E-state index in [0.717, 1.165) is 9.48 Å². The minimum Gasteiger partial charge on any atom is -0.455 e. The van der Waals surface area contributed by atoms with Gasteiger partial charge in [-0.25, -0.2) is 0 Å². The molecule has 3 amide bonds. The van der Waals surface area contributed by atoms with Gasteiger partial charge in [0.25, 0.3) is 11.8 Å². The number of hydrazine groups is 1. The van der Waals surface area contributed by atoms with Crippen LogP contribution in [-0.4, -0.2) is 41.9 Å². The molecule has 1 heterocycles. The summed E-state index contributed by atoms with van der Waals surface area (Å²) in [4.78, 5) is 48.5. The fourth-order valence-electron chi connectivity index (χ4n) is 2.78. The molecule has 2 aromatic carbocycles. The number of hydrogen-bond acceptors (Lipinski definition) is 5. The lowest BCUT2D eigenvalue weighted by Crippen LogP contribution is -2.43. The van der Waals surface area contributed by atoms with Crippen molar-refractivity contribution < 1.29 is 23.9 Å². The summed E-state index contributed by atoms with van der Waals surface area (Å²) < 4.78 is 5.83. The first kappa shape index (κ1) is 21.8. The zero-order valence-corrected chi connectivity index (χ0v) is 17.9. The van der Waals surface area contributed by atoms with Crippen molar-refractivity contribution in [2.75, 3.05) is 18.5 Å². The highest BCUT2D eigenvalue weighted by atomic mass is 79.9. The molecule has 156 valence electrons. The van der Waals surface area contributed by atoms with Crippen molar-refractivity contribution in [2.45, 2.75) is 6.42 Å². The van der Waals surface area contributed by atoms with E-state index in [4.69, 9.17) is 16.3 Å². The van der Waals surface area contributed by atoms with Gasteiger partial charge in [-0.05, 0) is 42.5 Å². The number of ether oxygens (including phenoxy) is 1. The van der Waals surface area contributed by atoms with Crippen LogP contribution in [0.3, 0.4) is 0 Å². The van der Waals surface area contributed by atoms with E-state index < -0.39 is 36.2 Å². The minimum absolute atomic E-state index is 0.0319. The second-order valence-electron chi connectivity index (χ2n) is 6.52. The molecule has 1 aliphatic heterocycles. The number of benzene rings is 2. The maximum Gasteiger partial charge on any atom is 0.311 e. The van der Waals surface area contributed by atoms with Crippen LogP contribution < -0.4 is 10.7 Å². The van der Waals surface area contributed by atoms with Gasteiger partial charge in [0, 0.05) is 27.2 Å². The molecule has 2 aromatic rings. The van der Waals surface area contributed by atoms with Gasteiger partial charge in [-0.1, -0.05) is 33.6 Å². The molecule has 0 saturated carbocycles. The lowest BCUT2D eigenvalue weighted by Gasteiger charge is -2.17. The Morgan fingerprint density at radius 3 is 2.60 bits per heavy atom. The van der Waals surface area contributed by atoms with Crippen LogP contribution in [0.15, 0.2) is 53.0 Å². The van der Waals surface area contributed by atoms with E-state index in [1.54, 1.807) is 48.5 Å². The summed E-state index contributed by atoms with van der Waals surface area (Å²) in [5, 5.41) is 4.10. The van der Waals surface area contributed by atoms with Gasteiger partial charge in [-0.15, -0.1) is 0 Å². The molecule has 0 aromatic heterocycles. The van der Waals surface area contributed by atoms with Crippen molar-refractivity contribution in [3.63, 3.8) is 0 Å². The van der Waals surface area contributed by atoms with Crippen LogP contribution in [0.2, 0.25) is 5.02 Å². The molecule has 0 bridgehead atoms. The fourth-order valence-corrected chi connectivity index (χ4v) is 3.23. The third-order valence-electron chi connectivity index (χ3n) is 4.26. The summed E-state index contributed by atoms with van der Waals surface area (Å²) in [6.07, 6.45) is -0.116. The molecule has 0 spiro atoms. The van der Waals surface area contributed by atoms with Crippen LogP contribution in [0.1, 0.15) is 16.8 Å². The SMILES string of the molecule is O=C(COC(=O)[C@H]1CC(=O)N(NC(=O)c2ccc(Br)cc2)C1)Nc1cccc(Cl)c1. The zero-order chi connectivity index (χ0) is 21.7. The number of anilines is 1. The largest absolute Gasteiger partial charge is 0.455 e. The van der Waals surface area contributed by atoms with Gasteiger partial charge >= 0.3 is 5.97 Å². The number of rotatable bonds is 6. The number of hydrogen-bond donors (Lipinski definition) is 2. The molecule has 10 heteroatoms. The Hall–Kier alpha value is -2.91. The third-order valence-corrected chi connectivity index (χ3v) is 5.02. The summed E-state index contributed by atoms with van der Waals surface area (Å²) in [6, 6.07) is 13.1. The topological polar surface area (TPSA) is 105 Å². The Labute approximate surface area is 185 Å². The lowest BCUT2D eigenvalue weighted by molar-refractivity contribution is -0.151. The number of carbonyl (C=O) groups excluding carboxylic acids is 4. The van der Waals surface area contributed by atoms with Gasteiger partial charge in [0.05, 0.1) is 12.5 Å². The highest BCUT2D eigenvalue weighted by Crippen LogP contribution is 2.19. The maximum atomic E-state index is 12.2. The van der Waals surface area contributed by atoms with Crippen LogP contribution >= 0.6 is 27.5 Å². The first-order valence-electron chi connectivity index (χ1n) is 8.91. The van der Waals surface area contributed by atoms with Gasteiger partial charge in [-0.3, -0.25) is 29.6 Å². The van der Waals surface area contributed by atoms with E-state index in [2.05, 4.69) is 26.7 Å². The second-order valence-corrected chi connectivity index (χ2v) is 7.87. The number of halogens is 2. The molecular weight excluding hydrogens is 478 g/mol. The predicted octanol–water partition coefficient (Wildman–Crippen LogP) is 2.78. The van der Waals surface area contributed by atoms with Gasteiger partial charge < -0.3 is 10.1 Å². The van der Waals surface area contributed by atoms with Crippen LogP contribution in [0.5, 0.6) is 0 Å². The highest BCUT2D eigenvalue weighted by Gasteiger charge is 2.36. The molecule has 3 rings (SSSR count). The number of carbonyl (C=O) groups is 4. The summed E-state index contributed by atoms with van der Waals surface area (Å²) in [6.45, 7) is -0.531. The van der Waals surface area contributed by atoms with E-state index >= 15 is 0 Å². The molecule has 1 atom stereocenters. The molecule has 1 fully saturated rings. The fraction of sp³-hybridized carbons (Fsp3) is 0.200. The number of amides is 3. The third kappa shape index (κ3) is 5.80. The van der Waals surface area contributed by atoms with Gasteiger partial charge in [0.15, 0.2) is 6.61 Å². The maximum absolute atomic E-state index is 12.2. The van der Waals surface area contributed by atoms with E-state index in [-0.39, 0.29) is 13.0 Å². The second kappa shape index (κ2) is 9.73. The van der Waals surface area contributed by atoms with Crippen LogP contribution in [0.4, 0.5) is 5.69 Å². The monoisotopic (exact) mass is 493 g/mol. The van der Waals surface area contributed by atoms with E-state index in [9.17, 15) is 19.2 Å². The number of nitrogens with zero attached hydrogens (tertiary/aromatic N) is 1. The average Bonchev–Trinajstić information content (AvgIpc) is 3.07. The average molecular weight is 495 g/mol. The van der Waals surface area contributed by atoms with Crippen molar-refractivity contribution in [3.05, 3.63) is 63.6 Å². The summed E-state index contributed by atoms with van der Waals surface area (Å²) >= 11 is 9.13. The van der Waals surface area contributed by atoms with Crippen molar-refractivity contribution in [3.8, 4) is 0 Å².